The molecule has 0 saturated heterocycles. The number of rotatable bonds is 4. The van der Waals surface area contributed by atoms with Crippen molar-refractivity contribution < 1.29 is 0 Å². The van der Waals surface area contributed by atoms with Crippen LogP contribution < -0.4 is 4.90 Å². The third kappa shape index (κ3) is 3.78. The lowest BCUT2D eigenvalue weighted by Crippen LogP contribution is -2.18. The van der Waals surface area contributed by atoms with Gasteiger partial charge in [-0.25, -0.2) is 9.97 Å². The largest absolute Gasteiger partial charge is 0.347 e. The Morgan fingerprint density at radius 2 is 1.78 bits per heavy atom. The summed E-state index contributed by atoms with van der Waals surface area (Å²) in [5, 5.41) is 1.05. The van der Waals surface area contributed by atoms with Gasteiger partial charge in [0, 0.05) is 41.0 Å². The summed E-state index contributed by atoms with van der Waals surface area (Å²) in [5.74, 6) is 1.37. The van der Waals surface area contributed by atoms with Gasteiger partial charge in [0.1, 0.15) is 12.0 Å². The Labute approximate surface area is 212 Å². The second kappa shape index (κ2) is 8.63. The summed E-state index contributed by atoms with van der Waals surface area (Å²) in [4.78, 5) is 15.2. The standard InChI is InChI=1S/C32H30N4/c1-21-27(31-28-18-29(23-7-3-2-4-8-23)35-32(28)34-20-33-31)10-5-11-30(21)36-16-6-9-24-17-25(22-12-13-22)14-15-26(24)19-36/h2-5,7-8,10-11,14-15,17-20,22,24H,6,9,12-13,16H2,1H3,(H,33,34,35). The first kappa shape index (κ1) is 21.4. The second-order valence-electron chi connectivity index (χ2n) is 10.3. The quantitative estimate of drug-likeness (QED) is 0.334. The summed E-state index contributed by atoms with van der Waals surface area (Å²) in [5.41, 5.74) is 10.7. The van der Waals surface area contributed by atoms with Crippen LogP contribution in [-0.2, 0) is 0 Å². The summed E-state index contributed by atoms with van der Waals surface area (Å²) in [6.45, 7) is 3.26. The van der Waals surface area contributed by atoms with E-state index in [-0.39, 0.29) is 0 Å². The van der Waals surface area contributed by atoms with E-state index in [1.54, 1.807) is 11.9 Å². The number of nitrogens with zero attached hydrogens (tertiary/aromatic N) is 3. The van der Waals surface area contributed by atoms with Crippen LogP contribution in [0.2, 0.25) is 0 Å². The number of anilines is 1. The Morgan fingerprint density at radius 3 is 2.64 bits per heavy atom. The maximum Gasteiger partial charge on any atom is 0.141 e. The van der Waals surface area contributed by atoms with E-state index >= 15 is 0 Å². The van der Waals surface area contributed by atoms with Gasteiger partial charge in [-0.15, -0.1) is 0 Å². The molecule has 3 heterocycles. The fraction of sp³-hybridized carbons (Fsp3) is 0.250. The van der Waals surface area contributed by atoms with E-state index in [1.807, 2.05) is 6.07 Å². The van der Waals surface area contributed by atoms with Crippen molar-refractivity contribution in [2.24, 2.45) is 11.8 Å². The Morgan fingerprint density at radius 1 is 0.917 bits per heavy atom. The van der Waals surface area contributed by atoms with Crippen LogP contribution in [0.1, 0.15) is 31.2 Å². The summed E-state index contributed by atoms with van der Waals surface area (Å²) in [6, 6.07) is 19.2. The highest BCUT2D eigenvalue weighted by Gasteiger charge is 2.28. The van der Waals surface area contributed by atoms with Gasteiger partial charge in [-0.3, -0.25) is 0 Å². The predicted octanol–water partition coefficient (Wildman–Crippen LogP) is 7.61. The number of H-pyrrole nitrogens is 1. The topological polar surface area (TPSA) is 44.8 Å². The molecule has 2 aromatic heterocycles. The molecule has 4 nitrogen and oxygen atoms in total. The fourth-order valence-electron chi connectivity index (χ4n) is 5.81. The predicted molar refractivity (Wildman–Crippen MR) is 148 cm³/mol. The number of hydrogen-bond acceptors (Lipinski definition) is 3. The van der Waals surface area contributed by atoms with E-state index in [0.29, 0.717) is 5.92 Å². The van der Waals surface area contributed by atoms with Gasteiger partial charge in [-0.1, -0.05) is 60.7 Å². The third-order valence-corrected chi connectivity index (χ3v) is 7.94. The summed E-state index contributed by atoms with van der Waals surface area (Å²) < 4.78 is 0. The molecule has 3 aliphatic rings. The zero-order chi connectivity index (χ0) is 24.1. The number of aromatic nitrogens is 3. The van der Waals surface area contributed by atoms with Crippen molar-refractivity contribution in [3.63, 3.8) is 0 Å². The SMILES string of the molecule is Cc1c(-c2ncnc3[nH]c(-c4ccccc4)cc23)cccc1N1C=C2C=CC(C3CC3)=CC2CCC1. The average Bonchev–Trinajstić information content (AvgIpc) is 3.70. The molecule has 0 amide bonds. The maximum absolute atomic E-state index is 4.76. The number of benzene rings is 2. The first-order valence-corrected chi connectivity index (χ1v) is 13.1. The summed E-state index contributed by atoms with van der Waals surface area (Å²) in [6.07, 6.45) is 16.5. The molecule has 4 heteroatoms. The fourth-order valence-corrected chi connectivity index (χ4v) is 5.81. The van der Waals surface area contributed by atoms with Crippen molar-refractivity contribution in [2.75, 3.05) is 11.4 Å². The average molecular weight is 471 g/mol. The normalized spacial score (nSPS) is 19.6. The molecular formula is C32H30N4. The van der Waals surface area contributed by atoms with Gasteiger partial charge in [0.25, 0.3) is 0 Å². The molecule has 0 radical (unpaired) electrons. The van der Waals surface area contributed by atoms with Crippen LogP contribution in [0.15, 0.2) is 96.5 Å². The molecule has 1 N–H and O–H groups in total. The number of hydrogen-bond donors (Lipinski definition) is 1. The maximum atomic E-state index is 4.76. The van der Waals surface area contributed by atoms with E-state index in [0.717, 1.165) is 46.0 Å². The molecule has 1 aliphatic heterocycles. The molecule has 178 valence electrons. The van der Waals surface area contributed by atoms with Crippen molar-refractivity contribution >= 4 is 16.7 Å². The van der Waals surface area contributed by atoms with Crippen molar-refractivity contribution in [1.29, 1.82) is 0 Å². The highest BCUT2D eigenvalue weighted by Crippen LogP contribution is 2.42. The number of nitrogens with one attached hydrogen (secondary N) is 1. The molecule has 36 heavy (non-hydrogen) atoms. The van der Waals surface area contributed by atoms with E-state index < -0.39 is 0 Å². The molecule has 2 aromatic carbocycles. The lowest BCUT2D eigenvalue weighted by atomic mass is 9.87. The van der Waals surface area contributed by atoms with Crippen LogP contribution in [0.4, 0.5) is 5.69 Å². The van der Waals surface area contributed by atoms with Crippen LogP contribution in [0.5, 0.6) is 0 Å². The van der Waals surface area contributed by atoms with E-state index in [2.05, 4.69) is 94.8 Å². The molecule has 2 aliphatic carbocycles. The summed E-state index contributed by atoms with van der Waals surface area (Å²) in [7, 11) is 0. The molecule has 1 saturated carbocycles. The van der Waals surface area contributed by atoms with Crippen LogP contribution in [0.3, 0.4) is 0 Å². The summed E-state index contributed by atoms with van der Waals surface area (Å²) >= 11 is 0. The lowest BCUT2D eigenvalue weighted by molar-refractivity contribution is 0.651. The Hall–Kier alpha value is -3.92. The van der Waals surface area contributed by atoms with Crippen LogP contribution in [-0.4, -0.2) is 21.5 Å². The number of aromatic amines is 1. The number of allylic oxidation sites excluding steroid dienone is 5. The van der Waals surface area contributed by atoms with E-state index in [1.165, 1.54) is 42.5 Å². The highest BCUT2D eigenvalue weighted by molar-refractivity contribution is 5.95. The van der Waals surface area contributed by atoms with Crippen molar-refractivity contribution in [1.82, 2.24) is 15.0 Å². The van der Waals surface area contributed by atoms with Gasteiger partial charge in [-0.2, -0.15) is 0 Å². The molecular weight excluding hydrogens is 440 g/mol. The zero-order valence-corrected chi connectivity index (χ0v) is 20.6. The van der Waals surface area contributed by atoms with E-state index in [9.17, 15) is 0 Å². The smallest absolute Gasteiger partial charge is 0.141 e. The Bertz CT molecular complexity index is 1540. The number of fused-ring (bicyclic) bond motifs is 2. The van der Waals surface area contributed by atoms with Crippen molar-refractivity contribution in [3.05, 3.63) is 102 Å². The van der Waals surface area contributed by atoms with Gasteiger partial charge >= 0.3 is 0 Å². The Balaban J connectivity index is 1.27. The molecule has 0 spiro atoms. The lowest BCUT2D eigenvalue weighted by Gasteiger charge is -2.24. The van der Waals surface area contributed by atoms with Crippen LogP contribution >= 0.6 is 0 Å². The minimum Gasteiger partial charge on any atom is -0.347 e. The highest BCUT2D eigenvalue weighted by atomic mass is 15.1. The molecule has 7 rings (SSSR count). The first-order chi connectivity index (χ1) is 17.7. The van der Waals surface area contributed by atoms with Crippen molar-refractivity contribution in [3.8, 4) is 22.5 Å². The molecule has 4 aromatic rings. The molecule has 1 atom stereocenters. The van der Waals surface area contributed by atoms with Gasteiger partial charge in [-0.05, 0) is 72.9 Å². The van der Waals surface area contributed by atoms with Gasteiger partial charge in [0.15, 0.2) is 0 Å². The zero-order valence-electron chi connectivity index (χ0n) is 20.6. The third-order valence-electron chi connectivity index (χ3n) is 7.94. The first-order valence-electron chi connectivity index (χ1n) is 13.1. The van der Waals surface area contributed by atoms with Crippen molar-refractivity contribution in [2.45, 2.75) is 32.6 Å². The van der Waals surface area contributed by atoms with Crippen LogP contribution in [0.25, 0.3) is 33.5 Å². The molecule has 0 bridgehead atoms. The molecule has 1 unspecified atom stereocenters. The second-order valence-corrected chi connectivity index (χ2v) is 10.3. The minimum absolute atomic E-state index is 0.553. The minimum atomic E-state index is 0.553. The van der Waals surface area contributed by atoms with E-state index in [4.69, 9.17) is 4.98 Å². The van der Waals surface area contributed by atoms with Gasteiger partial charge in [0.05, 0.1) is 5.69 Å². The monoisotopic (exact) mass is 470 g/mol. The van der Waals surface area contributed by atoms with Gasteiger partial charge in [0.2, 0.25) is 0 Å². The van der Waals surface area contributed by atoms with Crippen LogP contribution in [0, 0.1) is 18.8 Å². The Kier molecular flexibility index (Phi) is 5.12. The van der Waals surface area contributed by atoms with Gasteiger partial charge < -0.3 is 9.88 Å². The molecule has 1 fully saturated rings.